The summed E-state index contributed by atoms with van der Waals surface area (Å²) in [6, 6.07) is 14.5. The second-order valence-corrected chi connectivity index (χ2v) is 4.61. The van der Waals surface area contributed by atoms with E-state index in [1.165, 1.54) is 0 Å². The number of aliphatic hydroxyl groups is 1. The first kappa shape index (κ1) is 17.3. The molecule has 5 heteroatoms. The third kappa shape index (κ3) is 4.93. The van der Waals surface area contributed by atoms with Gasteiger partial charge in [-0.05, 0) is 18.1 Å². The van der Waals surface area contributed by atoms with Crippen LogP contribution in [0.5, 0.6) is 11.5 Å². The van der Waals surface area contributed by atoms with Crippen LogP contribution in [0.3, 0.4) is 0 Å². The Balaban J connectivity index is 0.00000220. The van der Waals surface area contributed by atoms with Crippen LogP contribution in [0.15, 0.2) is 48.5 Å². The Hall–Kier alpha value is -1.75. The third-order valence-corrected chi connectivity index (χ3v) is 3.09. The minimum absolute atomic E-state index is 0. The molecule has 0 heterocycles. The summed E-state index contributed by atoms with van der Waals surface area (Å²) >= 11 is 0. The van der Waals surface area contributed by atoms with Gasteiger partial charge in [-0.1, -0.05) is 36.4 Å². The number of hydrogen-bond donors (Lipinski definition) is 3. The van der Waals surface area contributed by atoms with E-state index in [-0.39, 0.29) is 30.8 Å². The van der Waals surface area contributed by atoms with Crippen LogP contribution in [0.2, 0.25) is 0 Å². The molecule has 0 saturated heterocycles. The summed E-state index contributed by atoms with van der Waals surface area (Å²) in [5.41, 5.74) is 7.54. The first-order valence-electron chi connectivity index (χ1n) is 6.57. The fraction of sp³-hybridized carbons (Fsp3) is 0.250. The molecule has 114 valence electrons. The zero-order chi connectivity index (χ0) is 14.4. The molecule has 0 radical (unpaired) electrons. The molecule has 4 N–H and O–H groups in total. The van der Waals surface area contributed by atoms with Crippen molar-refractivity contribution in [3.63, 3.8) is 0 Å². The van der Waals surface area contributed by atoms with E-state index >= 15 is 0 Å². The lowest BCUT2D eigenvalue weighted by Gasteiger charge is -2.14. The van der Waals surface area contributed by atoms with Gasteiger partial charge in [0.25, 0.3) is 0 Å². The molecule has 0 spiro atoms. The van der Waals surface area contributed by atoms with Crippen LogP contribution in [0, 0.1) is 0 Å². The van der Waals surface area contributed by atoms with Crippen molar-refractivity contribution in [2.24, 2.45) is 5.73 Å². The van der Waals surface area contributed by atoms with Crippen molar-refractivity contribution < 1.29 is 14.9 Å². The van der Waals surface area contributed by atoms with E-state index in [9.17, 15) is 5.11 Å². The highest BCUT2D eigenvalue weighted by molar-refractivity contribution is 5.85. The van der Waals surface area contributed by atoms with Gasteiger partial charge in [0.1, 0.15) is 18.1 Å². The summed E-state index contributed by atoms with van der Waals surface area (Å²) in [6.45, 7) is 0.440. The van der Waals surface area contributed by atoms with E-state index in [2.05, 4.69) is 0 Å². The summed E-state index contributed by atoms with van der Waals surface area (Å²) in [5.74, 6) is 0.683. The van der Waals surface area contributed by atoms with Crippen LogP contribution in [0.4, 0.5) is 0 Å². The average molecular weight is 310 g/mol. The molecule has 0 bridgehead atoms. The molecule has 2 aromatic carbocycles. The van der Waals surface area contributed by atoms with Crippen LogP contribution in [-0.4, -0.2) is 16.8 Å². The number of hydrogen-bond acceptors (Lipinski definition) is 4. The average Bonchev–Trinajstić information content (AvgIpc) is 2.46. The van der Waals surface area contributed by atoms with Crippen LogP contribution >= 0.6 is 12.4 Å². The predicted octanol–water partition coefficient (Wildman–Crippen LogP) is 2.78. The molecule has 0 fully saturated rings. The van der Waals surface area contributed by atoms with Gasteiger partial charge >= 0.3 is 0 Å². The Kier molecular flexibility index (Phi) is 7.02. The molecule has 4 nitrogen and oxygen atoms in total. The van der Waals surface area contributed by atoms with Gasteiger partial charge in [0.15, 0.2) is 0 Å². The smallest absolute Gasteiger partial charge is 0.124 e. The number of aliphatic hydroxyl groups excluding tert-OH is 1. The second-order valence-electron chi connectivity index (χ2n) is 4.61. The SMILES string of the molecule is Cl.N[C@@H](CCO)c1ccc(OCc2ccccc2)cc1O. The minimum Gasteiger partial charge on any atom is -0.507 e. The van der Waals surface area contributed by atoms with Gasteiger partial charge in [0, 0.05) is 24.3 Å². The topological polar surface area (TPSA) is 75.7 Å². The molecule has 0 aliphatic heterocycles. The normalized spacial score (nSPS) is 11.5. The molecular formula is C16H20ClNO3. The number of phenolic OH excluding ortho intramolecular Hbond substituents is 1. The molecule has 0 aliphatic rings. The van der Waals surface area contributed by atoms with Gasteiger partial charge in [-0.25, -0.2) is 0 Å². The van der Waals surface area contributed by atoms with Crippen LogP contribution in [-0.2, 0) is 6.61 Å². The molecule has 1 atom stereocenters. The Labute approximate surface area is 130 Å². The van der Waals surface area contributed by atoms with Crippen molar-refractivity contribution in [3.05, 3.63) is 59.7 Å². The maximum Gasteiger partial charge on any atom is 0.124 e. The number of ether oxygens (including phenoxy) is 1. The molecule has 2 aromatic rings. The Morgan fingerprint density at radius 3 is 2.43 bits per heavy atom. The zero-order valence-corrected chi connectivity index (χ0v) is 12.4. The van der Waals surface area contributed by atoms with E-state index in [4.69, 9.17) is 15.6 Å². The minimum atomic E-state index is -0.372. The monoisotopic (exact) mass is 309 g/mol. The molecular weight excluding hydrogens is 290 g/mol. The van der Waals surface area contributed by atoms with Crippen molar-refractivity contribution in [2.75, 3.05) is 6.61 Å². The van der Waals surface area contributed by atoms with Gasteiger partial charge < -0.3 is 20.7 Å². The summed E-state index contributed by atoms with van der Waals surface area (Å²) in [7, 11) is 0. The van der Waals surface area contributed by atoms with E-state index < -0.39 is 0 Å². The Bertz CT molecular complexity index is 548. The first-order chi connectivity index (χ1) is 9.70. The van der Waals surface area contributed by atoms with Crippen molar-refractivity contribution in [1.82, 2.24) is 0 Å². The third-order valence-electron chi connectivity index (χ3n) is 3.09. The highest BCUT2D eigenvalue weighted by Gasteiger charge is 2.11. The highest BCUT2D eigenvalue weighted by atomic mass is 35.5. The second kappa shape index (κ2) is 8.52. The van der Waals surface area contributed by atoms with Gasteiger partial charge in [-0.3, -0.25) is 0 Å². The molecule has 0 aromatic heterocycles. The highest BCUT2D eigenvalue weighted by Crippen LogP contribution is 2.29. The molecule has 21 heavy (non-hydrogen) atoms. The maximum atomic E-state index is 9.94. The fourth-order valence-electron chi connectivity index (χ4n) is 1.96. The maximum absolute atomic E-state index is 9.94. The number of halogens is 1. The van der Waals surface area contributed by atoms with Gasteiger partial charge in [0.05, 0.1) is 0 Å². The Morgan fingerprint density at radius 1 is 1.10 bits per heavy atom. The van der Waals surface area contributed by atoms with Crippen molar-refractivity contribution in [1.29, 1.82) is 0 Å². The van der Waals surface area contributed by atoms with Crippen molar-refractivity contribution in [3.8, 4) is 11.5 Å². The molecule has 0 saturated carbocycles. The number of phenols is 1. The zero-order valence-electron chi connectivity index (χ0n) is 11.6. The van der Waals surface area contributed by atoms with E-state index in [0.29, 0.717) is 24.3 Å². The van der Waals surface area contributed by atoms with E-state index in [0.717, 1.165) is 5.56 Å². The fourth-order valence-corrected chi connectivity index (χ4v) is 1.96. The van der Waals surface area contributed by atoms with Crippen LogP contribution in [0.1, 0.15) is 23.6 Å². The van der Waals surface area contributed by atoms with Crippen LogP contribution in [0.25, 0.3) is 0 Å². The number of aromatic hydroxyl groups is 1. The summed E-state index contributed by atoms with van der Waals surface area (Å²) in [4.78, 5) is 0. The lowest BCUT2D eigenvalue weighted by molar-refractivity contribution is 0.275. The van der Waals surface area contributed by atoms with Gasteiger partial charge in [-0.15, -0.1) is 12.4 Å². The van der Waals surface area contributed by atoms with Gasteiger partial charge in [0.2, 0.25) is 0 Å². The predicted molar refractivity (Wildman–Crippen MR) is 84.8 cm³/mol. The standard InChI is InChI=1S/C16H19NO3.ClH/c17-15(8-9-18)14-7-6-13(10-16(14)19)20-11-12-4-2-1-3-5-12;/h1-7,10,15,18-19H,8-9,11,17H2;1H/t15-;/m0./s1. The number of nitrogens with two attached hydrogens (primary N) is 1. The lowest BCUT2D eigenvalue weighted by atomic mass is 10.0. The Morgan fingerprint density at radius 2 is 1.81 bits per heavy atom. The quantitative estimate of drug-likeness (QED) is 0.767. The van der Waals surface area contributed by atoms with Crippen molar-refractivity contribution in [2.45, 2.75) is 19.1 Å². The molecule has 0 aliphatic carbocycles. The van der Waals surface area contributed by atoms with E-state index in [1.807, 2.05) is 30.3 Å². The van der Waals surface area contributed by atoms with E-state index in [1.54, 1.807) is 18.2 Å². The van der Waals surface area contributed by atoms with Crippen LogP contribution < -0.4 is 10.5 Å². The lowest BCUT2D eigenvalue weighted by Crippen LogP contribution is -2.12. The van der Waals surface area contributed by atoms with Crippen molar-refractivity contribution >= 4 is 12.4 Å². The molecule has 0 amide bonds. The summed E-state index contributed by atoms with van der Waals surface area (Å²) < 4.78 is 5.62. The molecule has 2 rings (SSSR count). The summed E-state index contributed by atoms with van der Waals surface area (Å²) in [6.07, 6.45) is 0.414. The number of rotatable bonds is 6. The van der Waals surface area contributed by atoms with Gasteiger partial charge in [-0.2, -0.15) is 0 Å². The largest absolute Gasteiger partial charge is 0.507 e. The molecule has 0 unspecified atom stereocenters. The summed E-state index contributed by atoms with van der Waals surface area (Å²) in [5, 5.41) is 18.8. The number of benzene rings is 2. The first-order valence-corrected chi connectivity index (χ1v) is 6.57.